The van der Waals surface area contributed by atoms with Crippen LogP contribution in [0.4, 0.5) is 11.4 Å². The third-order valence-electron chi connectivity index (χ3n) is 5.06. The third-order valence-corrected chi connectivity index (χ3v) is 5.06. The van der Waals surface area contributed by atoms with E-state index in [-0.39, 0.29) is 5.91 Å². The molecular weight excluding hydrogens is 398 g/mol. The number of carbonyl (C=O) groups excluding carboxylic acids is 4. The smallest absolute Gasteiger partial charge is 0.268 e. The monoisotopic (exact) mass is 419 g/mol. The topological polar surface area (TPSA) is 96.0 Å². The molecule has 0 saturated heterocycles. The van der Waals surface area contributed by atoms with Crippen molar-refractivity contribution in [2.45, 2.75) is 20.0 Å². The standard InChI is InChI=1S/C23H21N3O5/c1-13(2)11-25-18-9-8-15(10-19(18)31-14(3)21(25)28)24-20(27)12-26-22(29)16-6-4-5-7-17(16)23(26)30/h4-10,14H,1,11-12H2,2-3H3,(H,24,27). The molecule has 1 unspecified atom stereocenters. The van der Waals surface area contributed by atoms with Crippen LogP contribution in [0, 0.1) is 0 Å². The lowest BCUT2D eigenvalue weighted by Gasteiger charge is -2.33. The molecule has 0 bridgehead atoms. The molecule has 8 nitrogen and oxygen atoms in total. The summed E-state index contributed by atoms with van der Waals surface area (Å²) in [5.41, 5.74) is 2.42. The summed E-state index contributed by atoms with van der Waals surface area (Å²) in [5.74, 6) is -1.22. The van der Waals surface area contributed by atoms with Crippen molar-refractivity contribution < 1.29 is 23.9 Å². The maximum absolute atomic E-state index is 12.5. The van der Waals surface area contributed by atoms with Crippen molar-refractivity contribution in [3.05, 3.63) is 65.7 Å². The summed E-state index contributed by atoms with van der Waals surface area (Å²) in [4.78, 5) is 52.4. The maximum atomic E-state index is 12.5. The Labute approximate surface area is 179 Å². The van der Waals surface area contributed by atoms with Gasteiger partial charge in [-0.3, -0.25) is 24.1 Å². The molecule has 2 aromatic carbocycles. The van der Waals surface area contributed by atoms with Gasteiger partial charge in [-0.2, -0.15) is 0 Å². The van der Waals surface area contributed by atoms with Crippen LogP contribution in [0.3, 0.4) is 0 Å². The Kier molecular flexibility index (Phi) is 5.06. The summed E-state index contributed by atoms with van der Waals surface area (Å²) in [6, 6.07) is 11.4. The number of carbonyl (C=O) groups is 4. The quantitative estimate of drug-likeness (QED) is 0.594. The van der Waals surface area contributed by atoms with E-state index < -0.39 is 30.4 Å². The highest BCUT2D eigenvalue weighted by atomic mass is 16.5. The minimum atomic E-state index is -0.670. The molecule has 1 atom stereocenters. The van der Waals surface area contributed by atoms with Gasteiger partial charge in [0.2, 0.25) is 5.91 Å². The molecule has 2 aromatic rings. The fraction of sp³-hybridized carbons (Fsp3) is 0.217. The lowest BCUT2D eigenvalue weighted by molar-refractivity contribution is -0.125. The number of hydrogen-bond acceptors (Lipinski definition) is 5. The first-order valence-corrected chi connectivity index (χ1v) is 9.78. The molecule has 158 valence electrons. The predicted octanol–water partition coefficient (Wildman–Crippen LogP) is 2.61. The average molecular weight is 419 g/mol. The number of imide groups is 1. The van der Waals surface area contributed by atoms with E-state index in [9.17, 15) is 19.2 Å². The van der Waals surface area contributed by atoms with Crippen LogP contribution in [-0.4, -0.2) is 47.7 Å². The minimum absolute atomic E-state index is 0.169. The first kappa shape index (κ1) is 20.3. The van der Waals surface area contributed by atoms with Crippen molar-refractivity contribution in [3.63, 3.8) is 0 Å². The summed E-state index contributed by atoms with van der Waals surface area (Å²) in [6.07, 6.45) is -0.670. The summed E-state index contributed by atoms with van der Waals surface area (Å²) in [7, 11) is 0. The zero-order chi connectivity index (χ0) is 22.3. The Morgan fingerprint density at radius 1 is 1.03 bits per heavy atom. The van der Waals surface area contributed by atoms with E-state index in [1.54, 1.807) is 54.3 Å². The van der Waals surface area contributed by atoms with Crippen LogP contribution in [-0.2, 0) is 9.59 Å². The molecule has 0 aliphatic carbocycles. The molecule has 0 fully saturated rings. The van der Waals surface area contributed by atoms with Gasteiger partial charge in [0.05, 0.1) is 16.8 Å². The van der Waals surface area contributed by atoms with Crippen LogP contribution in [0.25, 0.3) is 0 Å². The van der Waals surface area contributed by atoms with E-state index >= 15 is 0 Å². The summed E-state index contributed by atoms with van der Waals surface area (Å²) >= 11 is 0. The predicted molar refractivity (Wildman–Crippen MR) is 114 cm³/mol. The molecule has 2 aliphatic heterocycles. The second-order valence-electron chi connectivity index (χ2n) is 7.61. The Morgan fingerprint density at radius 2 is 1.68 bits per heavy atom. The summed E-state index contributed by atoms with van der Waals surface area (Å²) < 4.78 is 5.70. The third kappa shape index (κ3) is 3.68. The number of nitrogens with one attached hydrogen (secondary N) is 1. The average Bonchev–Trinajstić information content (AvgIpc) is 2.96. The maximum Gasteiger partial charge on any atom is 0.268 e. The Morgan fingerprint density at radius 3 is 2.29 bits per heavy atom. The Bertz CT molecular complexity index is 1100. The van der Waals surface area contributed by atoms with Crippen molar-refractivity contribution >= 4 is 35.0 Å². The van der Waals surface area contributed by atoms with Crippen molar-refractivity contribution in [1.82, 2.24) is 4.90 Å². The molecule has 4 rings (SSSR count). The van der Waals surface area contributed by atoms with E-state index in [2.05, 4.69) is 11.9 Å². The minimum Gasteiger partial charge on any atom is -0.479 e. The SMILES string of the molecule is C=C(C)CN1C(=O)C(C)Oc2cc(NC(=O)CN3C(=O)c4ccccc4C3=O)ccc21. The molecule has 0 radical (unpaired) electrons. The molecule has 4 amide bonds. The first-order chi connectivity index (χ1) is 14.8. The van der Waals surface area contributed by atoms with Crippen LogP contribution >= 0.6 is 0 Å². The number of anilines is 2. The molecule has 2 heterocycles. The van der Waals surface area contributed by atoms with Crippen LogP contribution in [0.2, 0.25) is 0 Å². The van der Waals surface area contributed by atoms with Gasteiger partial charge >= 0.3 is 0 Å². The molecular formula is C23H21N3O5. The second-order valence-corrected chi connectivity index (χ2v) is 7.61. The number of ether oxygens (including phenoxy) is 1. The molecule has 8 heteroatoms. The van der Waals surface area contributed by atoms with E-state index in [1.165, 1.54) is 0 Å². The largest absolute Gasteiger partial charge is 0.479 e. The van der Waals surface area contributed by atoms with Gasteiger partial charge in [0.15, 0.2) is 6.10 Å². The fourth-order valence-corrected chi connectivity index (χ4v) is 3.65. The highest BCUT2D eigenvalue weighted by molar-refractivity contribution is 6.22. The van der Waals surface area contributed by atoms with Gasteiger partial charge < -0.3 is 15.0 Å². The number of amides is 4. The molecule has 31 heavy (non-hydrogen) atoms. The van der Waals surface area contributed by atoms with Crippen LogP contribution < -0.4 is 15.0 Å². The first-order valence-electron chi connectivity index (χ1n) is 9.78. The summed E-state index contributed by atoms with van der Waals surface area (Å²) in [5, 5.41) is 2.68. The fourth-order valence-electron chi connectivity index (χ4n) is 3.65. The van der Waals surface area contributed by atoms with Gasteiger partial charge in [-0.25, -0.2) is 0 Å². The molecule has 0 spiro atoms. The van der Waals surface area contributed by atoms with Crippen molar-refractivity contribution in [3.8, 4) is 5.75 Å². The normalized spacial score (nSPS) is 17.2. The van der Waals surface area contributed by atoms with Crippen LogP contribution in [0.1, 0.15) is 34.6 Å². The van der Waals surface area contributed by atoms with Gasteiger partial charge in [-0.05, 0) is 38.1 Å². The highest BCUT2D eigenvalue weighted by Crippen LogP contribution is 2.36. The number of nitrogens with zero attached hydrogens (tertiary/aromatic N) is 2. The van der Waals surface area contributed by atoms with Gasteiger partial charge in [0.1, 0.15) is 12.3 Å². The van der Waals surface area contributed by atoms with E-state index in [0.29, 0.717) is 34.8 Å². The van der Waals surface area contributed by atoms with Gasteiger partial charge in [-0.1, -0.05) is 24.3 Å². The number of benzene rings is 2. The van der Waals surface area contributed by atoms with Crippen molar-refractivity contribution in [1.29, 1.82) is 0 Å². The van der Waals surface area contributed by atoms with Gasteiger partial charge in [0.25, 0.3) is 17.7 Å². The zero-order valence-electron chi connectivity index (χ0n) is 17.2. The van der Waals surface area contributed by atoms with E-state index in [0.717, 1.165) is 10.5 Å². The lowest BCUT2D eigenvalue weighted by Crippen LogP contribution is -2.45. The number of hydrogen-bond donors (Lipinski definition) is 1. The van der Waals surface area contributed by atoms with E-state index in [1.807, 2.05) is 6.92 Å². The highest BCUT2D eigenvalue weighted by Gasteiger charge is 2.36. The number of rotatable bonds is 5. The van der Waals surface area contributed by atoms with Gasteiger partial charge in [0, 0.05) is 18.3 Å². The van der Waals surface area contributed by atoms with Crippen LogP contribution in [0.15, 0.2) is 54.6 Å². The van der Waals surface area contributed by atoms with Crippen LogP contribution in [0.5, 0.6) is 5.75 Å². The zero-order valence-corrected chi connectivity index (χ0v) is 17.2. The second kappa shape index (κ2) is 7.71. The van der Waals surface area contributed by atoms with E-state index in [4.69, 9.17) is 4.74 Å². The Hall–Kier alpha value is -3.94. The van der Waals surface area contributed by atoms with Crippen molar-refractivity contribution in [2.24, 2.45) is 0 Å². The molecule has 2 aliphatic rings. The Balaban J connectivity index is 1.50. The van der Waals surface area contributed by atoms with Gasteiger partial charge in [-0.15, -0.1) is 0 Å². The molecule has 1 N–H and O–H groups in total. The van der Waals surface area contributed by atoms with Crippen molar-refractivity contribution in [2.75, 3.05) is 23.3 Å². The molecule has 0 aromatic heterocycles. The number of fused-ring (bicyclic) bond motifs is 2. The molecule has 0 saturated carbocycles. The summed E-state index contributed by atoms with van der Waals surface area (Å²) in [6.45, 7) is 7.32. The lowest BCUT2D eigenvalue weighted by atomic mass is 10.1.